The van der Waals surface area contributed by atoms with Gasteiger partial charge in [0.2, 0.25) is 5.78 Å². The lowest BCUT2D eigenvalue weighted by Gasteiger charge is -2.41. The van der Waals surface area contributed by atoms with Gasteiger partial charge in [-0.3, -0.25) is 9.59 Å². The fourth-order valence-electron chi connectivity index (χ4n) is 3.40. The van der Waals surface area contributed by atoms with Crippen molar-refractivity contribution >= 4 is 11.7 Å². The van der Waals surface area contributed by atoms with Crippen molar-refractivity contribution in [2.75, 3.05) is 13.7 Å². The molecule has 1 fully saturated rings. The molecule has 1 aromatic rings. The highest BCUT2D eigenvalue weighted by molar-refractivity contribution is 6.42. The van der Waals surface area contributed by atoms with Gasteiger partial charge < -0.3 is 15.2 Å². The number of methoxy groups -OCH3 is 1. The van der Waals surface area contributed by atoms with Crippen molar-refractivity contribution in [3.63, 3.8) is 0 Å². The van der Waals surface area contributed by atoms with Crippen LogP contribution < -0.4 is 10.1 Å². The predicted octanol–water partition coefficient (Wildman–Crippen LogP) is 2.96. The normalized spacial score (nSPS) is 23.8. The molecule has 5 heteroatoms. The number of hydrogen-bond donors (Lipinski definition) is 2. The summed E-state index contributed by atoms with van der Waals surface area (Å²) in [5.74, 6) is -0.0857. The van der Waals surface area contributed by atoms with Gasteiger partial charge >= 0.3 is 0 Å². The van der Waals surface area contributed by atoms with E-state index in [4.69, 9.17) is 4.74 Å². The largest absolute Gasteiger partial charge is 0.497 e. The number of Topliss-reactive ketones (excluding diaryl/α,β-unsaturated/α-hetero) is 1. The molecule has 25 heavy (non-hydrogen) atoms. The molecular formula is C20H29NO4. The summed E-state index contributed by atoms with van der Waals surface area (Å²) in [4.78, 5) is 24.3. The smallest absolute Gasteiger partial charge is 0.292 e. The molecule has 0 bridgehead atoms. The van der Waals surface area contributed by atoms with Crippen LogP contribution in [-0.4, -0.2) is 36.1 Å². The van der Waals surface area contributed by atoms with Gasteiger partial charge in [-0.05, 0) is 61.3 Å². The summed E-state index contributed by atoms with van der Waals surface area (Å²) >= 11 is 0. The van der Waals surface area contributed by atoms with Gasteiger partial charge in [0.25, 0.3) is 5.91 Å². The van der Waals surface area contributed by atoms with Crippen LogP contribution in [0, 0.1) is 11.3 Å². The van der Waals surface area contributed by atoms with E-state index in [1.165, 1.54) is 0 Å². The van der Waals surface area contributed by atoms with Gasteiger partial charge in [0.1, 0.15) is 5.75 Å². The molecule has 0 aliphatic heterocycles. The minimum absolute atomic E-state index is 0.116. The van der Waals surface area contributed by atoms with E-state index >= 15 is 0 Å². The Morgan fingerprint density at radius 1 is 1.20 bits per heavy atom. The van der Waals surface area contributed by atoms with Gasteiger partial charge in [-0.25, -0.2) is 0 Å². The molecule has 1 aromatic carbocycles. The van der Waals surface area contributed by atoms with Crippen LogP contribution in [0.5, 0.6) is 5.75 Å². The summed E-state index contributed by atoms with van der Waals surface area (Å²) < 4.78 is 5.04. The Balaban J connectivity index is 1.87. The third kappa shape index (κ3) is 5.05. The van der Waals surface area contributed by atoms with E-state index < -0.39 is 17.3 Å². The predicted molar refractivity (Wildman–Crippen MR) is 96.7 cm³/mol. The number of amides is 1. The minimum atomic E-state index is -0.919. The average molecular weight is 347 g/mol. The molecule has 0 radical (unpaired) electrons. The van der Waals surface area contributed by atoms with Crippen molar-refractivity contribution in [1.29, 1.82) is 0 Å². The highest BCUT2D eigenvalue weighted by Crippen LogP contribution is 2.41. The van der Waals surface area contributed by atoms with Crippen LogP contribution >= 0.6 is 0 Å². The first-order chi connectivity index (χ1) is 11.6. The molecule has 2 N–H and O–H groups in total. The highest BCUT2D eigenvalue weighted by atomic mass is 16.5. The first-order valence-corrected chi connectivity index (χ1v) is 8.83. The summed E-state index contributed by atoms with van der Waals surface area (Å²) in [7, 11) is 1.54. The zero-order valence-electron chi connectivity index (χ0n) is 15.6. The summed E-state index contributed by atoms with van der Waals surface area (Å²) in [5, 5.41) is 13.3. The summed E-state index contributed by atoms with van der Waals surface area (Å²) in [6, 6.07) is 6.40. The second kappa shape index (κ2) is 7.56. The Kier molecular flexibility index (Phi) is 5.88. The van der Waals surface area contributed by atoms with Crippen molar-refractivity contribution in [1.82, 2.24) is 5.32 Å². The summed E-state index contributed by atoms with van der Waals surface area (Å²) in [6.45, 7) is 6.77. The quantitative estimate of drug-likeness (QED) is 0.634. The highest BCUT2D eigenvalue weighted by Gasteiger charge is 2.37. The number of carbonyl (C=O) groups is 2. The zero-order chi connectivity index (χ0) is 18.7. The van der Waals surface area contributed by atoms with Crippen molar-refractivity contribution in [2.24, 2.45) is 11.3 Å². The van der Waals surface area contributed by atoms with Gasteiger partial charge in [0.15, 0.2) is 0 Å². The van der Waals surface area contributed by atoms with Crippen LogP contribution in [0.4, 0.5) is 0 Å². The maximum Gasteiger partial charge on any atom is 0.292 e. The zero-order valence-corrected chi connectivity index (χ0v) is 15.6. The number of aliphatic hydroxyl groups is 1. The number of ether oxygens (including phenoxy) is 1. The van der Waals surface area contributed by atoms with E-state index in [1.807, 2.05) is 0 Å². The van der Waals surface area contributed by atoms with Gasteiger partial charge in [0.05, 0.1) is 12.7 Å². The molecule has 0 unspecified atom stereocenters. The molecule has 1 amide bonds. The van der Waals surface area contributed by atoms with Crippen LogP contribution in [0.1, 0.15) is 56.8 Å². The van der Waals surface area contributed by atoms with Crippen LogP contribution in [-0.2, 0) is 4.79 Å². The first-order valence-electron chi connectivity index (χ1n) is 8.83. The van der Waals surface area contributed by atoms with Gasteiger partial charge in [-0.1, -0.05) is 20.8 Å². The molecular weight excluding hydrogens is 318 g/mol. The number of carbonyl (C=O) groups excluding carboxylic acids is 2. The fraction of sp³-hybridized carbons (Fsp3) is 0.600. The van der Waals surface area contributed by atoms with Crippen LogP contribution in [0.3, 0.4) is 0 Å². The van der Waals surface area contributed by atoms with Crippen molar-refractivity contribution in [2.45, 2.75) is 52.1 Å². The molecule has 1 saturated carbocycles. The molecule has 1 aliphatic rings. The lowest BCUT2D eigenvalue weighted by Crippen LogP contribution is -2.47. The Labute approximate surface area is 149 Å². The number of benzene rings is 1. The summed E-state index contributed by atoms with van der Waals surface area (Å²) in [5.41, 5.74) is -0.381. The van der Waals surface area contributed by atoms with E-state index in [9.17, 15) is 14.7 Å². The third-order valence-corrected chi connectivity index (χ3v) is 5.28. The molecule has 0 atom stereocenters. The van der Waals surface area contributed by atoms with E-state index in [1.54, 1.807) is 31.4 Å². The van der Waals surface area contributed by atoms with E-state index in [0.717, 1.165) is 12.8 Å². The molecule has 5 nitrogen and oxygen atoms in total. The Morgan fingerprint density at radius 3 is 2.24 bits per heavy atom. The van der Waals surface area contributed by atoms with E-state index in [0.29, 0.717) is 30.1 Å². The summed E-state index contributed by atoms with van der Waals surface area (Å²) in [6.07, 6.45) is 3.16. The minimum Gasteiger partial charge on any atom is -0.497 e. The lowest BCUT2D eigenvalue weighted by atomic mass is 9.68. The third-order valence-electron chi connectivity index (χ3n) is 5.28. The molecule has 1 aliphatic carbocycles. The molecule has 2 rings (SSSR count). The number of hydrogen-bond acceptors (Lipinski definition) is 4. The Morgan fingerprint density at radius 2 is 1.76 bits per heavy atom. The lowest BCUT2D eigenvalue weighted by molar-refractivity contribution is -0.118. The van der Waals surface area contributed by atoms with Gasteiger partial charge in [-0.2, -0.15) is 0 Å². The van der Waals surface area contributed by atoms with Crippen molar-refractivity contribution in [3.05, 3.63) is 29.8 Å². The number of ketones is 1. The Hall–Kier alpha value is -1.88. The van der Waals surface area contributed by atoms with Gasteiger partial charge in [-0.15, -0.1) is 0 Å². The molecule has 138 valence electrons. The van der Waals surface area contributed by atoms with Crippen LogP contribution in [0.2, 0.25) is 0 Å². The van der Waals surface area contributed by atoms with Crippen LogP contribution in [0.25, 0.3) is 0 Å². The van der Waals surface area contributed by atoms with Gasteiger partial charge in [0, 0.05) is 12.1 Å². The SMILES string of the molecule is COc1ccc(C(=O)C(=O)NCC2(O)CCC(C(C)(C)C)CC2)cc1. The maximum atomic E-state index is 12.2. The van der Waals surface area contributed by atoms with Crippen LogP contribution in [0.15, 0.2) is 24.3 Å². The number of nitrogens with one attached hydrogen (secondary N) is 1. The molecule has 0 spiro atoms. The molecule has 0 heterocycles. The first kappa shape index (κ1) is 19.4. The standard InChI is InChI=1S/C20H29NO4/c1-19(2,3)15-9-11-20(24,12-10-15)13-21-18(23)17(22)14-5-7-16(25-4)8-6-14/h5-8,15,24H,9-13H2,1-4H3,(H,21,23). The van der Waals surface area contributed by atoms with E-state index in [-0.39, 0.29) is 12.0 Å². The monoisotopic (exact) mass is 347 g/mol. The molecule has 0 saturated heterocycles. The molecule has 0 aromatic heterocycles. The second-order valence-corrected chi connectivity index (χ2v) is 8.10. The van der Waals surface area contributed by atoms with E-state index in [2.05, 4.69) is 26.1 Å². The Bertz CT molecular complexity index is 608. The van der Waals surface area contributed by atoms with Crippen molar-refractivity contribution in [3.8, 4) is 5.75 Å². The topological polar surface area (TPSA) is 75.6 Å². The second-order valence-electron chi connectivity index (χ2n) is 8.10. The number of rotatable bonds is 5. The average Bonchev–Trinajstić information content (AvgIpc) is 2.59. The maximum absolute atomic E-state index is 12.2. The fourth-order valence-corrected chi connectivity index (χ4v) is 3.40. The van der Waals surface area contributed by atoms with Crippen molar-refractivity contribution < 1.29 is 19.4 Å².